The Kier molecular flexibility index (Phi) is 4.38. The van der Waals surface area contributed by atoms with E-state index in [9.17, 15) is 10.2 Å². The summed E-state index contributed by atoms with van der Waals surface area (Å²) in [4.78, 5) is 0. The topological polar surface area (TPSA) is 60.7 Å². The zero-order valence-electron chi connectivity index (χ0n) is 17.3. The smallest absolute Gasteiger partial charge is 0.115 e. The molecule has 2 bridgehead atoms. The van der Waals surface area contributed by atoms with Crippen LogP contribution in [-0.4, -0.2) is 27.5 Å². The molecule has 4 aliphatic carbocycles. The minimum Gasteiger partial charge on any atom is -0.508 e. The van der Waals surface area contributed by atoms with Crippen molar-refractivity contribution in [3.63, 3.8) is 0 Å². The molecule has 154 valence electrons. The van der Waals surface area contributed by atoms with Crippen molar-refractivity contribution in [1.82, 2.24) is 0 Å². The summed E-state index contributed by atoms with van der Waals surface area (Å²) in [6, 6.07) is 6.08. The van der Waals surface area contributed by atoms with E-state index in [0.29, 0.717) is 35.5 Å². The molecule has 0 unspecified atom stereocenters. The van der Waals surface area contributed by atoms with Crippen molar-refractivity contribution in [3.8, 4) is 5.75 Å². The molecule has 0 amide bonds. The molecule has 3 N–H and O–H groups in total. The average Bonchev–Trinajstić information content (AvgIpc) is 3.05. The largest absolute Gasteiger partial charge is 0.508 e. The van der Waals surface area contributed by atoms with Crippen molar-refractivity contribution >= 4 is 0 Å². The number of aromatic hydroxyl groups is 1. The molecule has 0 aromatic heterocycles. The lowest BCUT2D eigenvalue weighted by atomic mass is 9.45. The second-order valence-electron chi connectivity index (χ2n) is 10.6. The van der Waals surface area contributed by atoms with Crippen LogP contribution in [0.15, 0.2) is 18.2 Å². The number of hydrogen-bond donors (Lipinski definition) is 3. The maximum atomic E-state index is 11.5. The number of benzene rings is 1. The molecule has 5 rings (SSSR count). The Morgan fingerprint density at radius 1 is 1.04 bits per heavy atom. The fourth-order valence-electron chi connectivity index (χ4n) is 8.51. The molecule has 0 heterocycles. The molecule has 4 aliphatic rings. The summed E-state index contributed by atoms with van der Waals surface area (Å²) < 4.78 is 0. The van der Waals surface area contributed by atoms with Gasteiger partial charge >= 0.3 is 0 Å². The lowest BCUT2D eigenvalue weighted by Gasteiger charge is -2.59. The molecule has 3 heteroatoms. The second kappa shape index (κ2) is 6.47. The van der Waals surface area contributed by atoms with Gasteiger partial charge in [-0.05, 0) is 104 Å². The van der Waals surface area contributed by atoms with E-state index in [-0.39, 0.29) is 5.41 Å². The maximum absolute atomic E-state index is 11.5. The average molecular weight is 385 g/mol. The van der Waals surface area contributed by atoms with E-state index in [1.165, 1.54) is 43.2 Å². The standard InChI is InChI=1S/C25H36O3/c1-23-9-8-21-20-7-6-19(27)16-18(20)15-17(5-3-2-4-14-26)22(21)24(23)10-12-25(23,28)13-11-24/h6-7,16-17,21-22,26-28H,2-5,8-15H2,1H3/t17-,21-,22-,23+,24-,25+/m1/s1. The summed E-state index contributed by atoms with van der Waals surface area (Å²) in [5.74, 6) is 2.28. The number of rotatable bonds is 5. The van der Waals surface area contributed by atoms with Gasteiger partial charge < -0.3 is 15.3 Å². The summed E-state index contributed by atoms with van der Waals surface area (Å²) in [7, 11) is 0. The predicted molar refractivity (Wildman–Crippen MR) is 110 cm³/mol. The number of aliphatic hydroxyl groups excluding tert-OH is 1. The van der Waals surface area contributed by atoms with Gasteiger partial charge in [0.05, 0.1) is 5.60 Å². The number of fused-ring (bicyclic) bond motifs is 3. The number of hydrogen-bond acceptors (Lipinski definition) is 3. The van der Waals surface area contributed by atoms with Crippen LogP contribution < -0.4 is 0 Å². The van der Waals surface area contributed by atoms with Gasteiger partial charge in [0.2, 0.25) is 0 Å². The number of unbranched alkanes of at least 4 members (excludes halogenated alkanes) is 2. The van der Waals surface area contributed by atoms with Crippen LogP contribution in [0, 0.1) is 22.7 Å². The fraction of sp³-hybridized carbons (Fsp3) is 0.760. The van der Waals surface area contributed by atoms with Gasteiger partial charge in [0.15, 0.2) is 0 Å². The van der Waals surface area contributed by atoms with Crippen molar-refractivity contribution in [2.24, 2.45) is 22.7 Å². The van der Waals surface area contributed by atoms with Crippen molar-refractivity contribution in [2.75, 3.05) is 6.61 Å². The molecule has 0 aliphatic heterocycles. The Hall–Kier alpha value is -1.06. The third-order valence-corrected chi connectivity index (χ3v) is 9.87. The van der Waals surface area contributed by atoms with Crippen LogP contribution in [0.25, 0.3) is 0 Å². The zero-order chi connectivity index (χ0) is 19.6. The third-order valence-electron chi connectivity index (χ3n) is 9.87. The van der Waals surface area contributed by atoms with E-state index in [1.54, 1.807) is 0 Å². The molecule has 0 spiro atoms. The normalized spacial score (nSPS) is 43.5. The summed E-state index contributed by atoms with van der Waals surface area (Å²) >= 11 is 0. The maximum Gasteiger partial charge on any atom is 0.115 e. The van der Waals surface area contributed by atoms with E-state index in [4.69, 9.17) is 5.11 Å². The van der Waals surface area contributed by atoms with Gasteiger partial charge in [0, 0.05) is 12.0 Å². The van der Waals surface area contributed by atoms with Crippen LogP contribution in [0.5, 0.6) is 5.75 Å². The monoisotopic (exact) mass is 384 g/mol. The highest BCUT2D eigenvalue weighted by Crippen LogP contribution is 2.78. The lowest BCUT2D eigenvalue weighted by molar-refractivity contribution is -0.113. The van der Waals surface area contributed by atoms with E-state index in [1.807, 2.05) is 12.1 Å². The molecule has 3 nitrogen and oxygen atoms in total. The van der Waals surface area contributed by atoms with Crippen LogP contribution in [0.2, 0.25) is 0 Å². The molecule has 1 aromatic rings. The van der Waals surface area contributed by atoms with E-state index in [2.05, 4.69) is 13.0 Å². The van der Waals surface area contributed by atoms with Crippen LogP contribution in [0.1, 0.15) is 88.2 Å². The minimum absolute atomic E-state index is 0.0823. The summed E-state index contributed by atoms with van der Waals surface area (Å²) in [5, 5.41) is 30.7. The minimum atomic E-state index is -0.436. The number of aliphatic hydroxyl groups is 2. The Morgan fingerprint density at radius 2 is 1.82 bits per heavy atom. The number of phenolic OH excluding ortho intramolecular Hbond substituents is 1. The Labute approximate surface area is 169 Å². The van der Waals surface area contributed by atoms with E-state index < -0.39 is 5.60 Å². The highest BCUT2D eigenvalue weighted by Gasteiger charge is 2.74. The van der Waals surface area contributed by atoms with Crippen LogP contribution >= 0.6 is 0 Å². The molecule has 3 fully saturated rings. The van der Waals surface area contributed by atoms with Gasteiger partial charge in [0.25, 0.3) is 0 Å². The molecule has 3 saturated carbocycles. The van der Waals surface area contributed by atoms with Gasteiger partial charge in [-0.15, -0.1) is 0 Å². The van der Waals surface area contributed by atoms with Crippen LogP contribution in [0.4, 0.5) is 0 Å². The Morgan fingerprint density at radius 3 is 2.57 bits per heavy atom. The SMILES string of the molecule is C[C@]12CC[C@@H]3c4ccc(O)cc4C[C@@H](CCCCCO)[C@H]3[C@]13CC[C@]2(O)CC3. The summed E-state index contributed by atoms with van der Waals surface area (Å²) in [6.07, 6.45) is 12.2. The summed E-state index contributed by atoms with van der Waals surface area (Å²) in [6.45, 7) is 2.71. The van der Waals surface area contributed by atoms with E-state index >= 15 is 0 Å². The second-order valence-corrected chi connectivity index (χ2v) is 10.6. The molecule has 4 atom stereocenters. The molecular weight excluding hydrogens is 348 g/mol. The lowest BCUT2D eigenvalue weighted by Crippen LogP contribution is -2.54. The first-order valence-corrected chi connectivity index (χ1v) is 11.6. The first kappa shape index (κ1) is 18.9. The Balaban J connectivity index is 1.54. The third kappa shape index (κ3) is 2.35. The molecular formula is C25H36O3. The van der Waals surface area contributed by atoms with Gasteiger partial charge in [-0.1, -0.05) is 25.8 Å². The predicted octanol–water partition coefficient (Wildman–Crippen LogP) is 4.92. The van der Waals surface area contributed by atoms with Gasteiger partial charge in [0.1, 0.15) is 5.75 Å². The zero-order valence-corrected chi connectivity index (χ0v) is 17.3. The highest BCUT2D eigenvalue weighted by atomic mass is 16.3. The quantitative estimate of drug-likeness (QED) is 0.631. The van der Waals surface area contributed by atoms with Crippen LogP contribution in [0.3, 0.4) is 0 Å². The van der Waals surface area contributed by atoms with E-state index in [0.717, 1.165) is 38.5 Å². The number of phenols is 1. The highest BCUT2D eigenvalue weighted by molar-refractivity contribution is 5.42. The van der Waals surface area contributed by atoms with Crippen molar-refractivity contribution in [3.05, 3.63) is 29.3 Å². The first-order valence-electron chi connectivity index (χ1n) is 11.6. The summed E-state index contributed by atoms with van der Waals surface area (Å²) in [5.41, 5.74) is 2.78. The molecule has 1 aromatic carbocycles. The molecule has 0 saturated heterocycles. The van der Waals surface area contributed by atoms with Crippen molar-refractivity contribution < 1.29 is 15.3 Å². The van der Waals surface area contributed by atoms with Gasteiger partial charge in [-0.3, -0.25) is 0 Å². The fourth-order valence-corrected chi connectivity index (χ4v) is 8.51. The van der Waals surface area contributed by atoms with Crippen molar-refractivity contribution in [2.45, 2.75) is 89.1 Å². The first-order chi connectivity index (χ1) is 13.4. The van der Waals surface area contributed by atoms with Gasteiger partial charge in [-0.25, -0.2) is 0 Å². The molecule has 28 heavy (non-hydrogen) atoms. The Bertz CT molecular complexity index is 748. The van der Waals surface area contributed by atoms with Crippen LogP contribution in [-0.2, 0) is 6.42 Å². The molecule has 0 radical (unpaired) electrons. The van der Waals surface area contributed by atoms with Crippen molar-refractivity contribution in [1.29, 1.82) is 0 Å². The van der Waals surface area contributed by atoms with Gasteiger partial charge in [-0.2, -0.15) is 0 Å².